The zero-order chi connectivity index (χ0) is 36.9. The number of nitrogens with zero attached hydrogens (tertiary/aromatic N) is 2. The van der Waals surface area contributed by atoms with Gasteiger partial charge in [-0.1, -0.05) is 56.7 Å². The molecule has 2 aliphatic heterocycles. The first-order chi connectivity index (χ1) is 25.3. The van der Waals surface area contributed by atoms with Gasteiger partial charge in [-0.05, 0) is 129 Å². The average molecular weight is 711 g/mol. The molecule has 4 aromatic carbocycles. The molecule has 0 amide bonds. The number of rotatable bonds is 2. The number of aromatic nitrogens is 2. The van der Waals surface area contributed by atoms with Crippen LogP contribution in [0.4, 0.5) is 0 Å². The molecule has 4 heteroatoms. The van der Waals surface area contributed by atoms with E-state index in [1.165, 1.54) is 109 Å². The quantitative estimate of drug-likeness (QED) is 0.164. The molecule has 0 saturated heterocycles. The van der Waals surface area contributed by atoms with E-state index in [0.717, 1.165) is 17.6 Å². The van der Waals surface area contributed by atoms with Gasteiger partial charge in [0.1, 0.15) is 22.3 Å². The third-order valence-corrected chi connectivity index (χ3v) is 13.5. The first-order valence-electron chi connectivity index (χ1n) is 19.0. The highest BCUT2D eigenvalue weighted by Gasteiger charge is 2.67. The van der Waals surface area contributed by atoms with Gasteiger partial charge < -0.3 is 4.42 Å². The van der Waals surface area contributed by atoms with Crippen molar-refractivity contribution in [2.24, 2.45) is 5.41 Å². The summed E-state index contributed by atoms with van der Waals surface area (Å²) < 4.78 is 13.7. The van der Waals surface area contributed by atoms with Gasteiger partial charge in [0, 0.05) is 38.9 Å². The third-order valence-electron chi connectivity index (χ3n) is 12.3. The molecule has 0 N–H and O–H groups in total. The summed E-state index contributed by atoms with van der Waals surface area (Å²) in [5.41, 5.74) is 20.7. The van der Waals surface area contributed by atoms with Gasteiger partial charge in [-0.3, -0.25) is 0 Å². The summed E-state index contributed by atoms with van der Waals surface area (Å²) in [7, 11) is 0. The topological polar surface area (TPSA) is 20.9 Å². The number of furan rings is 1. The highest BCUT2D eigenvalue weighted by molar-refractivity contribution is 7.20. The van der Waals surface area contributed by atoms with Crippen LogP contribution in [-0.2, 0) is 12.1 Å². The zero-order valence-electron chi connectivity index (χ0n) is 32.5. The number of hydrogen-bond donors (Lipinski definition) is 0. The minimum Gasteiger partial charge on any atom is -0.454 e. The molecule has 3 nitrogen and oxygen atoms in total. The summed E-state index contributed by atoms with van der Waals surface area (Å²) in [6.07, 6.45) is 5.86. The number of benzene rings is 4. The molecule has 0 saturated carbocycles. The molecule has 262 valence electrons. The highest BCUT2D eigenvalue weighted by atomic mass is 32.1. The van der Waals surface area contributed by atoms with Gasteiger partial charge in [0.2, 0.25) is 11.4 Å². The van der Waals surface area contributed by atoms with Crippen molar-refractivity contribution in [3.63, 3.8) is 0 Å². The first-order valence-corrected chi connectivity index (χ1v) is 19.8. The van der Waals surface area contributed by atoms with Crippen molar-refractivity contribution in [3.05, 3.63) is 140 Å². The van der Waals surface area contributed by atoms with E-state index in [1.807, 2.05) is 11.3 Å². The highest BCUT2D eigenvalue weighted by Crippen LogP contribution is 2.52. The van der Waals surface area contributed by atoms with Crippen molar-refractivity contribution >= 4 is 43.4 Å². The van der Waals surface area contributed by atoms with Crippen LogP contribution < -0.4 is 9.13 Å². The number of thiophene rings is 1. The van der Waals surface area contributed by atoms with Crippen LogP contribution in [0.2, 0.25) is 0 Å². The smallest absolute Gasteiger partial charge is 0.417 e. The van der Waals surface area contributed by atoms with Gasteiger partial charge in [-0.25, -0.2) is 0 Å². The van der Waals surface area contributed by atoms with Crippen molar-refractivity contribution in [1.82, 2.24) is 0 Å². The van der Waals surface area contributed by atoms with E-state index in [4.69, 9.17) is 4.42 Å². The Morgan fingerprint density at radius 2 is 1.32 bits per heavy atom. The molecule has 6 heterocycles. The predicted octanol–water partition coefficient (Wildman–Crippen LogP) is 12.0. The van der Waals surface area contributed by atoms with Crippen LogP contribution in [0.3, 0.4) is 0 Å². The lowest BCUT2D eigenvalue weighted by atomic mass is 9.83. The van der Waals surface area contributed by atoms with E-state index in [-0.39, 0.29) is 5.41 Å². The lowest BCUT2D eigenvalue weighted by Crippen LogP contribution is -2.71. The molecule has 4 aromatic heterocycles. The van der Waals surface area contributed by atoms with E-state index in [1.54, 1.807) is 0 Å². The van der Waals surface area contributed by atoms with Crippen LogP contribution in [0, 0.1) is 53.9 Å². The number of aryl methyl sites for hydroxylation is 7. The second-order valence-electron chi connectivity index (χ2n) is 17.2. The fraction of sp³-hybridized carbons (Fsp3) is 0.265. The number of hydrogen-bond acceptors (Lipinski definition) is 2. The maximum atomic E-state index is 7.26. The Kier molecular flexibility index (Phi) is 6.62. The average Bonchev–Trinajstić information content (AvgIpc) is 3.79. The summed E-state index contributed by atoms with van der Waals surface area (Å²) in [4.78, 5) is 1.35. The minimum atomic E-state index is -0.649. The molecule has 10 rings (SSSR count). The molecule has 0 fully saturated rings. The van der Waals surface area contributed by atoms with E-state index >= 15 is 0 Å². The molecular formula is C49H46N2OS+2. The molecule has 1 spiro atoms. The van der Waals surface area contributed by atoms with Crippen LogP contribution in [0.15, 0.2) is 89.6 Å². The molecular weight excluding hydrogens is 665 g/mol. The van der Waals surface area contributed by atoms with Gasteiger partial charge in [-0.15, -0.1) is 20.5 Å². The number of pyridine rings is 2. The number of fused-ring (bicyclic) bond motifs is 16. The molecule has 0 radical (unpaired) electrons. The summed E-state index contributed by atoms with van der Waals surface area (Å²) in [5, 5.41) is 3.66. The molecule has 1 unspecified atom stereocenters. The van der Waals surface area contributed by atoms with Gasteiger partial charge in [0.05, 0.1) is 10.3 Å². The van der Waals surface area contributed by atoms with Crippen LogP contribution in [0.1, 0.15) is 75.7 Å². The first kappa shape index (κ1) is 32.6. The monoisotopic (exact) mass is 710 g/mol. The standard InChI is InChI=1S/C49H46N2OS/c1-26-14-15-37-40(20-26)49(50-24-30(5)29(4)21-41(37)50)39-19-18-35-36-17-16-34-31(6)32(7)53-47(34)46(36)52-45(35)44(39)42-22-33(23-48(8,9)10)38(25-51(42)49)43-27(2)12-11-13-28(43)3/h11-22,24-25H,23H2,1-10H3/q+2. The van der Waals surface area contributed by atoms with Crippen LogP contribution in [-0.4, -0.2) is 0 Å². The van der Waals surface area contributed by atoms with Crippen molar-refractivity contribution in [2.45, 2.75) is 81.3 Å². The van der Waals surface area contributed by atoms with Crippen LogP contribution >= 0.6 is 11.3 Å². The van der Waals surface area contributed by atoms with Crippen molar-refractivity contribution in [1.29, 1.82) is 0 Å². The van der Waals surface area contributed by atoms with Crippen LogP contribution in [0.25, 0.3) is 65.7 Å². The normalized spacial score (nSPS) is 15.9. The largest absolute Gasteiger partial charge is 0.454 e. The van der Waals surface area contributed by atoms with Gasteiger partial charge in [-0.2, -0.15) is 0 Å². The zero-order valence-corrected chi connectivity index (χ0v) is 33.3. The van der Waals surface area contributed by atoms with E-state index in [2.05, 4.69) is 164 Å². The second kappa shape index (κ2) is 10.8. The Morgan fingerprint density at radius 1 is 0.623 bits per heavy atom. The SMILES string of the molecule is Cc1ccc2c(c1)C1(c3ccc4c(oc5c4ccc4c(C)c(C)sc45)c3-c3cc(CC(C)(C)C)c(-c4c(C)cccc4C)c[n+]31)[n+]1cc(C)c(C)cc1-2. The fourth-order valence-corrected chi connectivity index (χ4v) is 10.8. The van der Waals surface area contributed by atoms with Crippen molar-refractivity contribution < 1.29 is 13.6 Å². The van der Waals surface area contributed by atoms with Gasteiger partial charge >= 0.3 is 5.66 Å². The second-order valence-corrected chi connectivity index (χ2v) is 18.4. The summed E-state index contributed by atoms with van der Waals surface area (Å²) in [6, 6.07) is 28.0. The maximum Gasteiger partial charge on any atom is 0.417 e. The van der Waals surface area contributed by atoms with E-state index in [9.17, 15) is 0 Å². The summed E-state index contributed by atoms with van der Waals surface area (Å²) in [6.45, 7) is 22.8. The maximum absolute atomic E-state index is 7.26. The van der Waals surface area contributed by atoms with E-state index < -0.39 is 5.66 Å². The lowest BCUT2D eigenvalue weighted by molar-refractivity contribution is -0.955. The molecule has 0 bridgehead atoms. The van der Waals surface area contributed by atoms with Gasteiger partial charge in [0.15, 0.2) is 18.0 Å². The Balaban J connectivity index is 1.43. The van der Waals surface area contributed by atoms with Crippen molar-refractivity contribution in [2.75, 3.05) is 0 Å². The van der Waals surface area contributed by atoms with Crippen molar-refractivity contribution in [3.8, 4) is 33.6 Å². The summed E-state index contributed by atoms with van der Waals surface area (Å²) in [5.74, 6) is 0. The predicted molar refractivity (Wildman–Crippen MR) is 220 cm³/mol. The minimum absolute atomic E-state index is 0.0856. The Morgan fingerprint density at radius 3 is 2.08 bits per heavy atom. The van der Waals surface area contributed by atoms with E-state index in [0.29, 0.717) is 0 Å². The molecule has 0 aliphatic carbocycles. The summed E-state index contributed by atoms with van der Waals surface area (Å²) >= 11 is 1.86. The molecule has 2 aliphatic rings. The third kappa shape index (κ3) is 4.27. The Bertz CT molecular complexity index is 2910. The molecule has 8 aromatic rings. The lowest BCUT2D eigenvalue weighted by Gasteiger charge is -2.23. The van der Waals surface area contributed by atoms with Crippen LogP contribution in [0.5, 0.6) is 0 Å². The Hall–Kier alpha value is -5.06. The fourth-order valence-electron chi connectivity index (χ4n) is 9.65. The Labute approximate surface area is 316 Å². The molecule has 53 heavy (non-hydrogen) atoms. The molecule has 1 atom stereocenters. The van der Waals surface area contributed by atoms with Gasteiger partial charge in [0.25, 0.3) is 0 Å².